The lowest BCUT2D eigenvalue weighted by Gasteiger charge is -2.32. The van der Waals surface area contributed by atoms with Gasteiger partial charge in [-0.1, -0.05) is 0 Å². The molecule has 4 rings (SSSR count). The molecule has 1 saturated heterocycles. The quantitative estimate of drug-likeness (QED) is 0.507. The second kappa shape index (κ2) is 9.32. The van der Waals surface area contributed by atoms with E-state index in [1.165, 1.54) is 35.5 Å². The van der Waals surface area contributed by atoms with Gasteiger partial charge in [-0.2, -0.15) is 18.3 Å². The van der Waals surface area contributed by atoms with Gasteiger partial charge < -0.3 is 14.4 Å². The lowest BCUT2D eigenvalue weighted by Crippen LogP contribution is -2.42. The molecule has 10 nitrogen and oxygen atoms in total. The van der Waals surface area contributed by atoms with Gasteiger partial charge in [0.2, 0.25) is 5.88 Å². The first-order valence-corrected chi connectivity index (χ1v) is 12.5. The minimum Gasteiger partial charge on any atom is -0.438 e. The summed E-state index contributed by atoms with van der Waals surface area (Å²) in [4.78, 5) is 21.9. The Labute approximate surface area is 198 Å². The van der Waals surface area contributed by atoms with Gasteiger partial charge in [0.05, 0.1) is 17.1 Å². The van der Waals surface area contributed by atoms with Crippen molar-refractivity contribution in [3.05, 3.63) is 36.8 Å². The summed E-state index contributed by atoms with van der Waals surface area (Å²) >= 11 is 0. The van der Waals surface area contributed by atoms with Crippen molar-refractivity contribution in [1.29, 1.82) is 0 Å². The predicted octanol–water partition coefficient (Wildman–Crippen LogP) is 3.75. The molecule has 2 aromatic heterocycles. The van der Waals surface area contributed by atoms with E-state index in [0.29, 0.717) is 29.6 Å². The molecule has 1 unspecified atom stereocenters. The number of piperidine rings is 1. The minimum atomic E-state index is -4.61. The number of halogens is 3. The molecule has 0 spiro atoms. The van der Waals surface area contributed by atoms with Crippen molar-refractivity contribution in [2.75, 3.05) is 19.3 Å². The van der Waals surface area contributed by atoms with Crippen LogP contribution in [0.15, 0.2) is 41.7 Å². The van der Waals surface area contributed by atoms with Crippen LogP contribution in [0.3, 0.4) is 0 Å². The van der Waals surface area contributed by atoms with Gasteiger partial charge in [0.15, 0.2) is 21.6 Å². The third-order valence-electron chi connectivity index (χ3n) is 5.63. The number of hydrogen-bond donors (Lipinski definition) is 0. The summed E-state index contributed by atoms with van der Waals surface area (Å²) in [6.45, 7) is 1.20. The number of carbonyl (C=O) groups excluding carboxylic acids is 1. The SMILES string of the molecule is CC(OC(=O)N1CCC(n2ncc3c(Oc4ccc(S(C)(=O)=O)cc4)ncnc32)CC1)C(F)(F)F. The molecule has 1 atom stereocenters. The van der Waals surface area contributed by atoms with Crippen LogP contribution in [-0.4, -0.2) is 70.8 Å². The molecule has 1 amide bonds. The van der Waals surface area contributed by atoms with Crippen molar-refractivity contribution in [3.8, 4) is 11.6 Å². The van der Waals surface area contributed by atoms with E-state index in [-0.39, 0.29) is 29.9 Å². The number of nitrogens with zero attached hydrogens (tertiary/aromatic N) is 5. The third-order valence-corrected chi connectivity index (χ3v) is 6.76. The number of alkyl halides is 3. The number of benzene rings is 1. The van der Waals surface area contributed by atoms with Crippen LogP contribution >= 0.6 is 0 Å². The summed E-state index contributed by atoms with van der Waals surface area (Å²) in [7, 11) is -3.34. The van der Waals surface area contributed by atoms with Gasteiger partial charge in [-0.25, -0.2) is 27.9 Å². The van der Waals surface area contributed by atoms with Crippen LogP contribution < -0.4 is 4.74 Å². The molecule has 1 aliphatic rings. The first-order valence-electron chi connectivity index (χ1n) is 10.6. The zero-order valence-electron chi connectivity index (χ0n) is 18.8. The topological polar surface area (TPSA) is 117 Å². The fraction of sp³-hybridized carbons (Fsp3) is 0.429. The molecular formula is C21H22F3N5O5S. The smallest absolute Gasteiger partial charge is 0.425 e. The number of rotatable bonds is 5. The van der Waals surface area contributed by atoms with Crippen molar-refractivity contribution in [2.45, 2.75) is 43.0 Å². The number of fused-ring (bicyclic) bond motifs is 1. The number of hydrogen-bond acceptors (Lipinski definition) is 8. The monoisotopic (exact) mass is 513 g/mol. The molecule has 14 heteroatoms. The van der Waals surface area contributed by atoms with Gasteiger partial charge in [0.25, 0.3) is 0 Å². The van der Waals surface area contributed by atoms with E-state index in [4.69, 9.17) is 4.74 Å². The lowest BCUT2D eigenvalue weighted by atomic mass is 10.1. The lowest BCUT2D eigenvalue weighted by molar-refractivity contribution is -0.199. The molecule has 3 heterocycles. The Bertz CT molecular complexity index is 1320. The van der Waals surface area contributed by atoms with Crippen molar-refractivity contribution < 1.29 is 35.9 Å². The average Bonchev–Trinajstić information content (AvgIpc) is 3.23. The molecule has 1 fully saturated rings. The zero-order chi connectivity index (χ0) is 25.4. The highest BCUT2D eigenvalue weighted by Crippen LogP contribution is 2.31. The second-order valence-electron chi connectivity index (χ2n) is 8.14. The number of ether oxygens (including phenoxy) is 2. The van der Waals surface area contributed by atoms with Crippen molar-refractivity contribution in [2.24, 2.45) is 0 Å². The molecule has 0 aliphatic carbocycles. The van der Waals surface area contributed by atoms with Crippen LogP contribution in [0.25, 0.3) is 11.0 Å². The van der Waals surface area contributed by atoms with Gasteiger partial charge in [-0.3, -0.25) is 0 Å². The molecule has 1 aromatic carbocycles. The maximum atomic E-state index is 12.7. The van der Waals surface area contributed by atoms with Crippen molar-refractivity contribution >= 4 is 27.0 Å². The fourth-order valence-electron chi connectivity index (χ4n) is 3.64. The van der Waals surface area contributed by atoms with E-state index in [1.54, 1.807) is 10.9 Å². The zero-order valence-corrected chi connectivity index (χ0v) is 19.6. The molecule has 1 aliphatic heterocycles. The maximum absolute atomic E-state index is 12.7. The first-order chi connectivity index (χ1) is 16.4. The summed E-state index contributed by atoms with van der Waals surface area (Å²) in [5, 5.41) is 4.92. The number of likely N-dealkylation sites (tertiary alicyclic amines) is 1. The Morgan fingerprint density at radius 1 is 1.14 bits per heavy atom. The van der Waals surface area contributed by atoms with E-state index >= 15 is 0 Å². The summed E-state index contributed by atoms with van der Waals surface area (Å²) < 4.78 is 73.2. The van der Waals surface area contributed by atoms with E-state index < -0.39 is 28.2 Å². The van der Waals surface area contributed by atoms with Crippen LogP contribution in [0.1, 0.15) is 25.8 Å². The highest BCUT2D eigenvalue weighted by Gasteiger charge is 2.40. The van der Waals surface area contributed by atoms with Crippen LogP contribution in [0, 0.1) is 0 Å². The number of carbonyl (C=O) groups is 1. The van der Waals surface area contributed by atoms with Crippen LogP contribution in [0.2, 0.25) is 0 Å². The molecule has 188 valence electrons. The molecular weight excluding hydrogens is 491 g/mol. The largest absolute Gasteiger partial charge is 0.438 e. The Morgan fingerprint density at radius 3 is 2.40 bits per heavy atom. The molecule has 35 heavy (non-hydrogen) atoms. The summed E-state index contributed by atoms with van der Waals surface area (Å²) in [5.41, 5.74) is 0.495. The normalized spacial score (nSPS) is 16.3. The molecule has 0 N–H and O–H groups in total. The number of amides is 1. The average molecular weight is 513 g/mol. The molecule has 0 bridgehead atoms. The fourth-order valence-corrected chi connectivity index (χ4v) is 4.27. The standard InChI is InChI=1S/C21H22F3N5O5S/c1-13(21(22,23)24)33-20(30)28-9-7-14(8-10-28)29-18-17(11-27-29)19(26-12-25-18)34-15-3-5-16(6-4-15)35(2,31)32/h3-6,11-14H,7-10H2,1-2H3. The van der Waals surface area contributed by atoms with Gasteiger partial charge in [-0.05, 0) is 44.0 Å². The first kappa shape index (κ1) is 24.7. The van der Waals surface area contributed by atoms with Gasteiger partial charge in [-0.15, -0.1) is 0 Å². The van der Waals surface area contributed by atoms with E-state index in [2.05, 4.69) is 19.8 Å². The summed E-state index contributed by atoms with van der Waals surface area (Å²) in [6, 6.07) is 5.75. The Morgan fingerprint density at radius 2 is 1.80 bits per heavy atom. The summed E-state index contributed by atoms with van der Waals surface area (Å²) in [5.74, 6) is 0.612. The van der Waals surface area contributed by atoms with Crippen molar-refractivity contribution in [1.82, 2.24) is 24.6 Å². The molecule has 0 saturated carbocycles. The highest BCUT2D eigenvalue weighted by atomic mass is 32.2. The molecule has 3 aromatic rings. The second-order valence-corrected chi connectivity index (χ2v) is 10.2. The van der Waals surface area contributed by atoms with E-state index in [1.807, 2.05) is 0 Å². The minimum absolute atomic E-state index is 0.145. The van der Waals surface area contributed by atoms with E-state index in [0.717, 1.165) is 13.2 Å². The Hall–Kier alpha value is -3.42. The highest BCUT2D eigenvalue weighted by molar-refractivity contribution is 7.90. The number of sulfone groups is 1. The predicted molar refractivity (Wildman–Crippen MR) is 117 cm³/mol. The van der Waals surface area contributed by atoms with Crippen molar-refractivity contribution in [3.63, 3.8) is 0 Å². The van der Waals surface area contributed by atoms with E-state index in [9.17, 15) is 26.4 Å². The molecule has 0 radical (unpaired) electrons. The Balaban J connectivity index is 1.45. The Kier molecular flexibility index (Phi) is 6.58. The van der Waals surface area contributed by atoms with Gasteiger partial charge in [0, 0.05) is 19.3 Å². The van der Waals surface area contributed by atoms with Gasteiger partial charge in [0.1, 0.15) is 17.5 Å². The van der Waals surface area contributed by atoms with Crippen LogP contribution in [0.5, 0.6) is 11.6 Å². The van der Waals surface area contributed by atoms with Gasteiger partial charge >= 0.3 is 12.3 Å². The van der Waals surface area contributed by atoms with Crippen LogP contribution in [0.4, 0.5) is 18.0 Å². The summed E-state index contributed by atoms with van der Waals surface area (Å²) in [6.07, 6.45) is -2.94. The van der Waals surface area contributed by atoms with Crippen LogP contribution in [-0.2, 0) is 14.6 Å². The third kappa shape index (κ3) is 5.47. The number of aromatic nitrogens is 4. The maximum Gasteiger partial charge on any atom is 0.425 e.